The van der Waals surface area contributed by atoms with Gasteiger partial charge in [0.05, 0.1) is 0 Å². The molecule has 90 valence electrons. The molecular formula is C12H26N2O. The summed E-state index contributed by atoms with van der Waals surface area (Å²) in [5.41, 5.74) is 0. The number of unbranched alkanes of at least 4 members (excludes halogenated alkanes) is 1. The fourth-order valence-electron chi connectivity index (χ4n) is 1.79. The molecule has 0 bridgehead atoms. The molecule has 0 aromatic rings. The molecule has 15 heavy (non-hydrogen) atoms. The van der Waals surface area contributed by atoms with Crippen LogP contribution in [0.3, 0.4) is 0 Å². The van der Waals surface area contributed by atoms with Gasteiger partial charge in [-0.05, 0) is 46.2 Å². The quantitative estimate of drug-likeness (QED) is 0.589. The summed E-state index contributed by atoms with van der Waals surface area (Å²) < 4.78 is 5.01. The fourth-order valence-corrected chi connectivity index (χ4v) is 1.79. The molecule has 0 aromatic carbocycles. The molecule has 0 heterocycles. The highest BCUT2D eigenvalue weighted by Gasteiger charge is 2.28. The average Bonchev–Trinajstić information content (AvgIpc) is 3.05. The maximum atomic E-state index is 5.01. The van der Waals surface area contributed by atoms with Gasteiger partial charge in [-0.3, -0.25) is 4.90 Å². The van der Waals surface area contributed by atoms with E-state index < -0.39 is 0 Å². The van der Waals surface area contributed by atoms with E-state index in [-0.39, 0.29) is 0 Å². The van der Waals surface area contributed by atoms with Crippen LogP contribution in [0.1, 0.15) is 32.6 Å². The molecule has 0 saturated heterocycles. The number of likely N-dealkylation sites (N-methyl/N-ethyl adjacent to an activating group) is 1. The topological polar surface area (TPSA) is 24.5 Å². The van der Waals surface area contributed by atoms with Gasteiger partial charge in [0.2, 0.25) is 0 Å². The fraction of sp³-hybridized carbons (Fsp3) is 1.00. The van der Waals surface area contributed by atoms with Crippen LogP contribution in [0.5, 0.6) is 0 Å². The molecule has 0 aromatic heterocycles. The first-order chi connectivity index (χ1) is 7.25. The molecule has 1 N–H and O–H groups in total. The zero-order valence-corrected chi connectivity index (χ0v) is 10.5. The van der Waals surface area contributed by atoms with E-state index in [9.17, 15) is 0 Å². The van der Waals surface area contributed by atoms with Crippen LogP contribution in [0.4, 0.5) is 0 Å². The molecule has 1 unspecified atom stereocenters. The largest absolute Gasteiger partial charge is 0.385 e. The number of hydrogen-bond acceptors (Lipinski definition) is 3. The minimum Gasteiger partial charge on any atom is -0.385 e. The minimum atomic E-state index is 0.667. The number of hydrogen-bond donors (Lipinski definition) is 1. The summed E-state index contributed by atoms with van der Waals surface area (Å²) in [5, 5.41) is 3.51. The molecule has 1 fully saturated rings. The first-order valence-corrected chi connectivity index (χ1v) is 6.17. The maximum Gasteiger partial charge on any atom is 0.0462 e. The molecule has 0 radical (unpaired) electrons. The highest BCUT2D eigenvalue weighted by molar-refractivity contribution is 4.85. The minimum absolute atomic E-state index is 0.667. The van der Waals surface area contributed by atoms with Gasteiger partial charge in [-0.1, -0.05) is 0 Å². The predicted molar refractivity (Wildman–Crippen MR) is 64.2 cm³/mol. The van der Waals surface area contributed by atoms with E-state index in [0.29, 0.717) is 6.04 Å². The summed E-state index contributed by atoms with van der Waals surface area (Å²) in [6, 6.07) is 1.54. The third-order valence-corrected chi connectivity index (χ3v) is 3.21. The monoisotopic (exact) mass is 214 g/mol. The van der Waals surface area contributed by atoms with E-state index in [0.717, 1.165) is 32.2 Å². The lowest BCUT2D eigenvalue weighted by molar-refractivity contribution is 0.191. The molecule has 1 atom stereocenters. The zero-order chi connectivity index (χ0) is 11.1. The highest BCUT2D eigenvalue weighted by Crippen LogP contribution is 2.26. The summed E-state index contributed by atoms with van der Waals surface area (Å²) in [5.74, 6) is 0. The zero-order valence-electron chi connectivity index (χ0n) is 10.5. The maximum absolute atomic E-state index is 5.01. The molecule has 1 aliphatic carbocycles. The highest BCUT2D eigenvalue weighted by atomic mass is 16.5. The van der Waals surface area contributed by atoms with Gasteiger partial charge < -0.3 is 10.1 Å². The number of ether oxygens (including phenoxy) is 1. The summed E-state index contributed by atoms with van der Waals surface area (Å²) in [4.78, 5) is 2.50. The second kappa shape index (κ2) is 7.20. The van der Waals surface area contributed by atoms with Crippen LogP contribution in [0.25, 0.3) is 0 Å². The predicted octanol–water partition coefficient (Wildman–Crippen LogP) is 1.49. The summed E-state index contributed by atoms with van der Waals surface area (Å²) in [6.07, 6.45) is 5.17. The Hall–Kier alpha value is -0.120. The first kappa shape index (κ1) is 12.9. The van der Waals surface area contributed by atoms with Crippen LogP contribution >= 0.6 is 0 Å². The first-order valence-electron chi connectivity index (χ1n) is 6.17. The van der Waals surface area contributed by atoms with Gasteiger partial charge in [0.25, 0.3) is 0 Å². The Labute approximate surface area is 94.2 Å². The van der Waals surface area contributed by atoms with Crippen LogP contribution in [0.2, 0.25) is 0 Å². The number of methoxy groups -OCH3 is 1. The van der Waals surface area contributed by atoms with Crippen molar-refractivity contribution in [3.05, 3.63) is 0 Å². The van der Waals surface area contributed by atoms with Crippen molar-refractivity contribution in [2.24, 2.45) is 0 Å². The number of nitrogens with zero attached hydrogens (tertiary/aromatic N) is 1. The summed E-state index contributed by atoms with van der Waals surface area (Å²) in [7, 11) is 4.01. The van der Waals surface area contributed by atoms with E-state index in [1.807, 2.05) is 0 Å². The van der Waals surface area contributed by atoms with Crippen LogP contribution in [0, 0.1) is 0 Å². The third kappa shape index (κ3) is 5.50. The number of rotatable bonds is 9. The van der Waals surface area contributed by atoms with Crippen molar-refractivity contribution in [1.29, 1.82) is 0 Å². The average molecular weight is 214 g/mol. The molecule has 0 aliphatic heterocycles. The van der Waals surface area contributed by atoms with Crippen molar-refractivity contribution in [1.82, 2.24) is 10.2 Å². The van der Waals surface area contributed by atoms with Crippen molar-refractivity contribution < 1.29 is 4.74 Å². The van der Waals surface area contributed by atoms with E-state index in [1.165, 1.54) is 19.3 Å². The van der Waals surface area contributed by atoms with Gasteiger partial charge in [0.1, 0.15) is 0 Å². The Morgan fingerprint density at radius 3 is 2.73 bits per heavy atom. The van der Waals surface area contributed by atoms with E-state index in [2.05, 4.69) is 24.2 Å². The lowest BCUT2D eigenvalue weighted by Crippen LogP contribution is -2.39. The Balaban J connectivity index is 1.89. The van der Waals surface area contributed by atoms with Crippen LogP contribution in [-0.2, 0) is 4.74 Å². The molecule has 1 saturated carbocycles. The molecular weight excluding hydrogens is 188 g/mol. The normalized spacial score (nSPS) is 18.4. The Morgan fingerprint density at radius 1 is 1.40 bits per heavy atom. The van der Waals surface area contributed by atoms with E-state index >= 15 is 0 Å². The Morgan fingerprint density at radius 2 is 2.13 bits per heavy atom. The van der Waals surface area contributed by atoms with Gasteiger partial charge >= 0.3 is 0 Å². The standard InChI is InChI=1S/C12H26N2O/c1-11(14(2)12-6-7-12)10-13-8-4-5-9-15-3/h11-13H,4-10H2,1-3H3. The molecule has 0 amide bonds. The second-order valence-corrected chi connectivity index (χ2v) is 4.65. The van der Waals surface area contributed by atoms with Gasteiger partial charge in [0.15, 0.2) is 0 Å². The molecule has 3 heteroatoms. The smallest absolute Gasteiger partial charge is 0.0462 e. The van der Waals surface area contributed by atoms with Crippen LogP contribution in [0.15, 0.2) is 0 Å². The van der Waals surface area contributed by atoms with Crippen molar-refractivity contribution in [2.75, 3.05) is 33.9 Å². The van der Waals surface area contributed by atoms with Crippen LogP contribution < -0.4 is 5.32 Å². The van der Waals surface area contributed by atoms with Crippen molar-refractivity contribution in [3.63, 3.8) is 0 Å². The van der Waals surface area contributed by atoms with Gasteiger partial charge in [-0.25, -0.2) is 0 Å². The van der Waals surface area contributed by atoms with Gasteiger partial charge in [-0.15, -0.1) is 0 Å². The molecule has 1 rings (SSSR count). The van der Waals surface area contributed by atoms with E-state index in [1.54, 1.807) is 7.11 Å². The Kier molecular flexibility index (Phi) is 6.22. The van der Waals surface area contributed by atoms with Crippen molar-refractivity contribution in [3.8, 4) is 0 Å². The lowest BCUT2D eigenvalue weighted by Gasteiger charge is -2.24. The van der Waals surface area contributed by atoms with Gasteiger partial charge in [-0.2, -0.15) is 0 Å². The van der Waals surface area contributed by atoms with Crippen molar-refractivity contribution >= 4 is 0 Å². The third-order valence-electron chi connectivity index (χ3n) is 3.21. The molecule has 3 nitrogen and oxygen atoms in total. The molecule has 1 aliphatic rings. The number of nitrogens with one attached hydrogen (secondary N) is 1. The Bertz CT molecular complexity index is 160. The van der Waals surface area contributed by atoms with E-state index in [4.69, 9.17) is 4.74 Å². The van der Waals surface area contributed by atoms with Crippen molar-refractivity contribution in [2.45, 2.75) is 44.7 Å². The lowest BCUT2D eigenvalue weighted by atomic mass is 10.2. The van der Waals surface area contributed by atoms with Crippen LogP contribution in [-0.4, -0.2) is 50.8 Å². The SMILES string of the molecule is COCCCCNCC(C)N(C)C1CC1. The molecule has 0 spiro atoms. The second-order valence-electron chi connectivity index (χ2n) is 4.65. The summed E-state index contributed by atoms with van der Waals surface area (Å²) >= 11 is 0. The summed E-state index contributed by atoms with van der Waals surface area (Å²) in [6.45, 7) is 5.42. The van der Waals surface area contributed by atoms with Gasteiger partial charge in [0, 0.05) is 32.3 Å².